The van der Waals surface area contributed by atoms with Gasteiger partial charge in [-0.05, 0) is 56.4 Å². The van der Waals surface area contributed by atoms with Crippen molar-refractivity contribution < 1.29 is 4.79 Å². The summed E-state index contributed by atoms with van der Waals surface area (Å²) in [5.41, 5.74) is 0.219. The summed E-state index contributed by atoms with van der Waals surface area (Å²) in [6.45, 7) is 9.58. The number of hydrogen-bond donors (Lipinski definition) is 2. The fourth-order valence-corrected chi connectivity index (χ4v) is 4.52. The molecule has 1 saturated heterocycles. The number of hydrogen-bond acceptors (Lipinski definition) is 2. The minimum Gasteiger partial charge on any atom is -0.355 e. The van der Waals surface area contributed by atoms with Gasteiger partial charge < -0.3 is 10.6 Å². The molecule has 1 saturated carbocycles. The van der Waals surface area contributed by atoms with Crippen molar-refractivity contribution in [2.24, 2.45) is 16.7 Å². The zero-order chi connectivity index (χ0) is 15.3. The van der Waals surface area contributed by atoms with E-state index < -0.39 is 0 Å². The average Bonchev–Trinajstić information content (AvgIpc) is 2.93. The van der Waals surface area contributed by atoms with Crippen LogP contribution in [0.25, 0.3) is 0 Å². The van der Waals surface area contributed by atoms with Crippen molar-refractivity contribution in [1.29, 1.82) is 0 Å². The van der Waals surface area contributed by atoms with E-state index in [2.05, 4.69) is 31.4 Å². The summed E-state index contributed by atoms with van der Waals surface area (Å²) in [5.74, 6) is 1.02. The van der Waals surface area contributed by atoms with Crippen LogP contribution in [0.3, 0.4) is 0 Å². The summed E-state index contributed by atoms with van der Waals surface area (Å²) < 4.78 is 0. The van der Waals surface area contributed by atoms with Crippen LogP contribution >= 0.6 is 0 Å². The molecule has 122 valence electrons. The van der Waals surface area contributed by atoms with Crippen molar-refractivity contribution in [1.82, 2.24) is 10.6 Å². The van der Waals surface area contributed by atoms with Gasteiger partial charge in [0.05, 0.1) is 5.41 Å². The maximum absolute atomic E-state index is 12.8. The summed E-state index contributed by atoms with van der Waals surface area (Å²) in [4.78, 5) is 12.8. The highest BCUT2D eigenvalue weighted by molar-refractivity contribution is 5.83. The van der Waals surface area contributed by atoms with Gasteiger partial charge in [-0.2, -0.15) is 0 Å². The van der Waals surface area contributed by atoms with Crippen LogP contribution in [0.5, 0.6) is 0 Å². The van der Waals surface area contributed by atoms with E-state index in [1.54, 1.807) is 0 Å². The minimum absolute atomic E-state index is 0.157. The van der Waals surface area contributed by atoms with Crippen molar-refractivity contribution in [3.8, 4) is 0 Å². The van der Waals surface area contributed by atoms with E-state index in [9.17, 15) is 4.79 Å². The highest BCUT2D eigenvalue weighted by Crippen LogP contribution is 2.43. The molecule has 1 unspecified atom stereocenters. The Morgan fingerprint density at radius 1 is 1.19 bits per heavy atom. The van der Waals surface area contributed by atoms with Crippen molar-refractivity contribution in [3.63, 3.8) is 0 Å². The molecule has 1 aliphatic heterocycles. The second-order valence-corrected chi connectivity index (χ2v) is 7.90. The maximum atomic E-state index is 12.8. The van der Waals surface area contributed by atoms with Crippen LogP contribution in [0, 0.1) is 16.7 Å². The fraction of sp³-hybridized carbons (Fsp3) is 0.944. The van der Waals surface area contributed by atoms with Crippen LogP contribution in [0.4, 0.5) is 0 Å². The Kier molecular flexibility index (Phi) is 5.70. The van der Waals surface area contributed by atoms with E-state index >= 15 is 0 Å². The Hall–Kier alpha value is -0.570. The van der Waals surface area contributed by atoms with E-state index in [4.69, 9.17) is 0 Å². The van der Waals surface area contributed by atoms with Gasteiger partial charge in [0.15, 0.2) is 0 Å². The molecule has 1 aliphatic carbocycles. The van der Waals surface area contributed by atoms with E-state index in [0.717, 1.165) is 44.8 Å². The quantitative estimate of drug-likeness (QED) is 0.787. The highest BCUT2D eigenvalue weighted by Gasteiger charge is 2.40. The topological polar surface area (TPSA) is 41.1 Å². The van der Waals surface area contributed by atoms with Crippen molar-refractivity contribution >= 4 is 5.91 Å². The molecular weight excluding hydrogens is 260 g/mol. The lowest BCUT2D eigenvalue weighted by atomic mass is 9.76. The molecule has 1 atom stereocenters. The lowest BCUT2D eigenvalue weighted by Gasteiger charge is -2.38. The van der Waals surface area contributed by atoms with Crippen LogP contribution in [0.2, 0.25) is 0 Å². The summed E-state index contributed by atoms with van der Waals surface area (Å²) >= 11 is 0. The summed E-state index contributed by atoms with van der Waals surface area (Å²) in [6.07, 6.45) is 9.63. The number of piperidine rings is 1. The molecule has 3 heteroatoms. The summed E-state index contributed by atoms with van der Waals surface area (Å²) in [6, 6.07) is 0. The Balaban J connectivity index is 1.94. The third-order valence-electron chi connectivity index (χ3n) is 5.76. The van der Waals surface area contributed by atoms with Gasteiger partial charge in [-0.15, -0.1) is 0 Å². The van der Waals surface area contributed by atoms with Gasteiger partial charge in [-0.1, -0.05) is 33.6 Å². The summed E-state index contributed by atoms with van der Waals surface area (Å²) in [7, 11) is 0. The molecule has 2 aliphatic rings. The molecule has 2 rings (SSSR count). The monoisotopic (exact) mass is 294 g/mol. The molecule has 1 amide bonds. The second-order valence-electron chi connectivity index (χ2n) is 7.90. The van der Waals surface area contributed by atoms with Crippen LogP contribution in [-0.4, -0.2) is 25.5 Å². The van der Waals surface area contributed by atoms with Crippen LogP contribution in [0.1, 0.15) is 72.1 Å². The van der Waals surface area contributed by atoms with Crippen LogP contribution < -0.4 is 10.6 Å². The molecule has 0 bridgehead atoms. The largest absolute Gasteiger partial charge is 0.355 e. The van der Waals surface area contributed by atoms with E-state index in [0.29, 0.717) is 11.3 Å². The lowest BCUT2D eigenvalue weighted by Crippen LogP contribution is -2.52. The van der Waals surface area contributed by atoms with Gasteiger partial charge in [0.25, 0.3) is 0 Å². The zero-order valence-electron chi connectivity index (χ0n) is 14.3. The number of carbonyl (C=O) groups excluding carboxylic acids is 1. The van der Waals surface area contributed by atoms with Gasteiger partial charge in [0.1, 0.15) is 0 Å². The number of carbonyl (C=O) groups is 1. The van der Waals surface area contributed by atoms with Crippen LogP contribution in [-0.2, 0) is 4.79 Å². The molecule has 0 radical (unpaired) electrons. The van der Waals surface area contributed by atoms with E-state index in [1.807, 2.05) is 0 Å². The van der Waals surface area contributed by atoms with E-state index in [1.165, 1.54) is 32.1 Å². The van der Waals surface area contributed by atoms with Crippen molar-refractivity contribution in [2.45, 2.75) is 72.1 Å². The molecule has 0 aromatic heterocycles. The molecule has 0 spiro atoms. The predicted molar refractivity (Wildman–Crippen MR) is 88.2 cm³/mol. The molecule has 0 aromatic carbocycles. The first-order valence-electron chi connectivity index (χ1n) is 9.01. The third kappa shape index (κ3) is 4.00. The molecule has 2 N–H and O–H groups in total. The van der Waals surface area contributed by atoms with Gasteiger partial charge in [0, 0.05) is 13.1 Å². The SMILES string of the molecule is CCC1(C(=O)NCC2(CC(C)C)CCCC2)CCCNC1. The van der Waals surface area contributed by atoms with Gasteiger partial charge in [0.2, 0.25) is 5.91 Å². The van der Waals surface area contributed by atoms with Gasteiger partial charge in [-0.3, -0.25) is 4.79 Å². The Morgan fingerprint density at radius 2 is 1.90 bits per heavy atom. The van der Waals surface area contributed by atoms with Gasteiger partial charge in [-0.25, -0.2) is 0 Å². The van der Waals surface area contributed by atoms with Crippen molar-refractivity contribution in [2.75, 3.05) is 19.6 Å². The molecule has 3 nitrogen and oxygen atoms in total. The highest BCUT2D eigenvalue weighted by atomic mass is 16.2. The number of nitrogens with one attached hydrogen (secondary N) is 2. The Morgan fingerprint density at radius 3 is 2.43 bits per heavy atom. The molecule has 0 aromatic rings. The first-order chi connectivity index (χ1) is 10.0. The predicted octanol–water partition coefficient (Wildman–Crippen LogP) is 3.49. The lowest BCUT2D eigenvalue weighted by molar-refractivity contribution is -0.133. The summed E-state index contributed by atoms with van der Waals surface area (Å²) in [5, 5.41) is 6.77. The molecule has 1 heterocycles. The maximum Gasteiger partial charge on any atom is 0.227 e. The first kappa shape index (κ1) is 16.8. The zero-order valence-corrected chi connectivity index (χ0v) is 14.3. The number of rotatable bonds is 6. The number of amides is 1. The molecule has 21 heavy (non-hydrogen) atoms. The standard InChI is InChI=1S/C18H34N2O/c1-4-18(10-7-11-19-14-18)16(21)20-13-17(12-15(2)3)8-5-6-9-17/h15,19H,4-14H2,1-3H3,(H,20,21). The van der Waals surface area contributed by atoms with E-state index in [-0.39, 0.29) is 5.41 Å². The fourth-order valence-electron chi connectivity index (χ4n) is 4.52. The smallest absolute Gasteiger partial charge is 0.227 e. The Labute approximate surface area is 130 Å². The van der Waals surface area contributed by atoms with Crippen LogP contribution in [0.15, 0.2) is 0 Å². The molecule has 2 fully saturated rings. The normalized spacial score (nSPS) is 28.8. The minimum atomic E-state index is -0.157. The third-order valence-corrected chi connectivity index (χ3v) is 5.76. The van der Waals surface area contributed by atoms with Gasteiger partial charge >= 0.3 is 0 Å². The average molecular weight is 294 g/mol. The second kappa shape index (κ2) is 7.13. The molecular formula is C18H34N2O. The first-order valence-corrected chi connectivity index (χ1v) is 9.01. The van der Waals surface area contributed by atoms with Crippen molar-refractivity contribution in [3.05, 3.63) is 0 Å². The Bertz CT molecular complexity index is 339.